The van der Waals surface area contributed by atoms with E-state index in [2.05, 4.69) is 0 Å². The van der Waals surface area contributed by atoms with Crippen molar-refractivity contribution in [3.63, 3.8) is 0 Å². The minimum atomic E-state index is -1.64. The third kappa shape index (κ3) is 2.66. The van der Waals surface area contributed by atoms with Crippen molar-refractivity contribution in [1.29, 1.82) is 0 Å². The molecule has 0 aromatic heterocycles. The lowest BCUT2D eigenvalue weighted by Gasteiger charge is -2.14. The molecule has 5 nitrogen and oxygen atoms in total. The van der Waals surface area contributed by atoms with Crippen molar-refractivity contribution in [3.05, 3.63) is 17.7 Å². The van der Waals surface area contributed by atoms with Crippen LogP contribution in [0.2, 0.25) is 0 Å². The molecule has 0 amide bonds. The lowest BCUT2D eigenvalue weighted by Crippen LogP contribution is -2.32. The zero-order valence-electron chi connectivity index (χ0n) is 9.30. The molecule has 3 N–H and O–H groups in total. The van der Waals surface area contributed by atoms with E-state index < -0.39 is 7.12 Å². The van der Waals surface area contributed by atoms with Crippen LogP contribution < -0.4 is 14.9 Å². The second-order valence-electron chi connectivity index (χ2n) is 3.27. The van der Waals surface area contributed by atoms with Gasteiger partial charge >= 0.3 is 7.12 Å². The molecule has 6 heteroatoms. The third-order valence-corrected chi connectivity index (χ3v) is 2.25. The van der Waals surface area contributed by atoms with E-state index in [0.717, 1.165) is 5.56 Å². The minimum Gasteiger partial charge on any atom is -0.493 e. The summed E-state index contributed by atoms with van der Waals surface area (Å²) in [5, 5.41) is 27.3. The summed E-state index contributed by atoms with van der Waals surface area (Å²) in [5.74, 6) is 0.704. The lowest BCUT2D eigenvalue weighted by atomic mass is 9.78. The molecule has 1 aromatic rings. The van der Waals surface area contributed by atoms with Crippen LogP contribution >= 0.6 is 0 Å². The zero-order valence-corrected chi connectivity index (χ0v) is 9.30. The summed E-state index contributed by atoms with van der Waals surface area (Å²) >= 11 is 0. The van der Waals surface area contributed by atoms with Crippen molar-refractivity contribution in [2.45, 2.75) is 6.42 Å². The van der Waals surface area contributed by atoms with Gasteiger partial charge in [0, 0.05) is 12.1 Å². The lowest BCUT2D eigenvalue weighted by molar-refractivity contribution is 0.299. The molecule has 0 aliphatic heterocycles. The van der Waals surface area contributed by atoms with Crippen molar-refractivity contribution in [1.82, 2.24) is 0 Å². The van der Waals surface area contributed by atoms with Gasteiger partial charge in [0.25, 0.3) is 0 Å². The van der Waals surface area contributed by atoms with Gasteiger partial charge in [0.1, 0.15) is 0 Å². The number of methoxy groups -OCH3 is 2. The van der Waals surface area contributed by atoms with E-state index in [9.17, 15) is 10.0 Å². The Balaban J connectivity index is 3.25. The quantitative estimate of drug-likeness (QED) is 0.556. The van der Waals surface area contributed by atoms with E-state index in [1.807, 2.05) is 0 Å². The summed E-state index contributed by atoms with van der Waals surface area (Å²) in [6.07, 6.45) is 0.417. The summed E-state index contributed by atoms with van der Waals surface area (Å²) in [4.78, 5) is 0. The Labute approximate surface area is 94.4 Å². The maximum atomic E-state index is 9.21. The van der Waals surface area contributed by atoms with Gasteiger partial charge < -0.3 is 24.6 Å². The van der Waals surface area contributed by atoms with Gasteiger partial charge in [0.05, 0.1) is 14.2 Å². The van der Waals surface area contributed by atoms with Gasteiger partial charge in [-0.3, -0.25) is 0 Å². The second kappa shape index (κ2) is 5.74. The average molecular weight is 226 g/mol. The molecule has 0 fully saturated rings. The standard InChI is InChI=1S/C10H15BO5/c1-15-9-6-7(3-4-12)5-8(11(13)14)10(9)16-2/h5-6,12-14H,3-4H2,1-2H3. The summed E-state index contributed by atoms with van der Waals surface area (Å²) in [5.41, 5.74) is 0.980. The molecule has 88 valence electrons. The van der Waals surface area contributed by atoms with Crippen LogP contribution in [-0.4, -0.2) is 43.1 Å². The molecule has 0 bridgehead atoms. The Kier molecular flexibility index (Phi) is 4.60. The van der Waals surface area contributed by atoms with Crippen molar-refractivity contribution in [3.8, 4) is 11.5 Å². The SMILES string of the molecule is COc1cc(CCO)cc(B(O)O)c1OC. The van der Waals surface area contributed by atoms with Crippen LogP contribution in [0.3, 0.4) is 0 Å². The first-order valence-corrected chi connectivity index (χ1v) is 4.85. The molecule has 0 saturated carbocycles. The highest BCUT2D eigenvalue weighted by molar-refractivity contribution is 6.60. The highest BCUT2D eigenvalue weighted by Gasteiger charge is 2.21. The predicted molar refractivity (Wildman–Crippen MR) is 60.2 cm³/mol. The Morgan fingerprint density at radius 3 is 2.31 bits per heavy atom. The number of aliphatic hydroxyl groups excluding tert-OH is 1. The van der Waals surface area contributed by atoms with Crippen LogP contribution in [0.25, 0.3) is 0 Å². The van der Waals surface area contributed by atoms with Crippen molar-refractivity contribution in [2.24, 2.45) is 0 Å². The van der Waals surface area contributed by atoms with Crippen molar-refractivity contribution in [2.75, 3.05) is 20.8 Å². The van der Waals surface area contributed by atoms with Gasteiger partial charge in [-0.25, -0.2) is 0 Å². The number of aliphatic hydroxyl groups is 1. The Morgan fingerprint density at radius 2 is 1.88 bits per heavy atom. The second-order valence-corrected chi connectivity index (χ2v) is 3.27. The zero-order chi connectivity index (χ0) is 12.1. The Hall–Kier alpha value is -1.24. The van der Waals surface area contributed by atoms with Crippen LogP contribution in [0.1, 0.15) is 5.56 Å². The number of benzene rings is 1. The fraction of sp³-hybridized carbons (Fsp3) is 0.400. The molecule has 1 rings (SSSR count). The van der Waals surface area contributed by atoms with Crippen LogP contribution in [-0.2, 0) is 6.42 Å². The molecular formula is C10H15BO5. The molecule has 16 heavy (non-hydrogen) atoms. The van der Waals surface area contributed by atoms with E-state index in [1.165, 1.54) is 14.2 Å². The summed E-state index contributed by atoms with van der Waals surface area (Å²) < 4.78 is 10.1. The molecular weight excluding hydrogens is 211 g/mol. The molecule has 1 aromatic carbocycles. The Morgan fingerprint density at radius 1 is 1.19 bits per heavy atom. The van der Waals surface area contributed by atoms with E-state index in [1.54, 1.807) is 12.1 Å². The fourth-order valence-electron chi connectivity index (χ4n) is 1.52. The van der Waals surface area contributed by atoms with Gasteiger partial charge in [-0.05, 0) is 18.1 Å². The maximum Gasteiger partial charge on any atom is 0.492 e. The third-order valence-electron chi connectivity index (χ3n) is 2.25. The first kappa shape index (κ1) is 12.8. The largest absolute Gasteiger partial charge is 0.493 e. The monoisotopic (exact) mass is 226 g/mol. The predicted octanol–water partition coefficient (Wildman–Crippen LogP) is -1.08. The molecule has 0 unspecified atom stereocenters. The van der Waals surface area contributed by atoms with Crippen LogP contribution in [0.15, 0.2) is 12.1 Å². The normalized spacial score (nSPS) is 10.1. The molecule has 0 aliphatic rings. The molecule has 0 heterocycles. The smallest absolute Gasteiger partial charge is 0.492 e. The minimum absolute atomic E-state index is 0.0174. The van der Waals surface area contributed by atoms with Crippen molar-refractivity contribution >= 4 is 12.6 Å². The summed E-state index contributed by atoms with van der Waals surface area (Å²) in [6, 6.07) is 3.27. The van der Waals surface area contributed by atoms with Gasteiger partial charge in [-0.2, -0.15) is 0 Å². The summed E-state index contributed by atoms with van der Waals surface area (Å²) in [6.45, 7) is -0.0174. The first-order chi connectivity index (χ1) is 7.63. The average Bonchev–Trinajstić information content (AvgIpc) is 2.28. The summed E-state index contributed by atoms with van der Waals surface area (Å²) in [7, 11) is 1.26. The van der Waals surface area contributed by atoms with E-state index in [4.69, 9.17) is 14.6 Å². The Bertz CT molecular complexity index is 353. The molecule has 0 atom stereocenters. The molecule has 0 aliphatic carbocycles. The van der Waals surface area contributed by atoms with Gasteiger partial charge in [0.2, 0.25) is 0 Å². The number of hydrogen-bond donors (Lipinski definition) is 3. The van der Waals surface area contributed by atoms with Gasteiger partial charge in [-0.1, -0.05) is 6.07 Å². The molecule has 0 spiro atoms. The van der Waals surface area contributed by atoms with Crippen molar-refractivity contribution < 1.29 is 24.6 Å². The topological polar surface area (TPSA) is 79.2 Å². The van der Waals surface area contributed by atoms with E-state index >= 15 is 0 Å². The van der Waals surface area contributed by atoms with Crippen LogP contribution in [0.4, 0.5) is 0 Å². The van der Waals surface area contributed by atoms with E-state index in [0.29, 0.717) is 17.9 Å². The van der Waals surface area contributed by atoms with Crippen LogP contribution in [0, 0.1) is 0 Å². The maximum absolute atomic E-state index is 9.21. The number of ether oxygens (including phenoxy) is 2. The highest BCUT2D eigenvalue weighted by atomic mass is 16.5. The number of rotatable bonds is 5. The fourth-order valence-corrected chi connectivity index (χ4v) is 1.52. The van der Waals surface area contributed by atoms with Crippen LogP contribution in [0.5, 0.6) is 11.5 Å². The van der Waals surface area contributed by atoms with Gasteiger partial charge in [0.15, 0.2) is 11.5 Å². The first-order valence-electron chi connectivity index (χ1n) is 4.85. The highest BCUT2D eigenvalue weighted by Crippen LogP contribution is 2.26. The molecule has 0 saturated heterocycles. The number of hydrogen-bond acceptors (Lipinski definition) is 5. The van der Waals surface area contributed by atoms with Gasteiger partial charge in [-0.15, -0.1) is 0 Å². The molecule has 0 radical (unpaired) electrons. The van der Waals surface area contributed by atoms with E-state index in [-0.39, 0.29) is 12.1 Å².